The summed E-state index contributed by atoms with van der Waals surface area (Å²) in [7, 11) is 0. The summed E-state index contributed by atoms with van der Waals surface area (Å²) in [6.45, 7) is 2.24. The Labute approximate surface area is 139 Å². The number of carbonyl (C=O) groups is 2. The Morgan fingerprint density at radius 1 is 1.22 bits per heavy atom. The Balaban J connectivity index is 1.72. The minimum atomic E-state index is -0.521. The molecule has 0 bridgehead atoms. The minimum Gasteiger partial charge on any atom is -0.324 e. The highest BCUT2D eigenvalue weighted by atomic mass is 32.2. The van der Waals surface area contributed by atoms with E-state index in [1.807, 2.05) is 54.8 Å². The van der Waals surface area contributed by atoms with Gasteiger partial charge in [-0.15, -0.1) is 11.8 Å². The zero-order valence-electron chi connectivity index (χ0n) is 13.1. The van der Waals surface area contributed by atoms with Crippen LogP contribution in [0, 0.1) is 0 Å². The Morgan fingerprint density at radius 2 is 2.00 bits per heavy atom. The molecule has 3 rings (SSSR count). The van der Waals surface area contributed by atoms with Crippen molar-refractivity contribution >= 4 is 29.3 Å². The van der Waals surface area contributed by atoms with Gasteiger partial charge in [-0.05, 0) is 43.0 Å². The monoisotopic (exact) mass is 326 g/mol. The fourth-order valence-corrected chi connectivity index (χ4v) is 3.14. The summed E-state index contributed by atoms with van der Waals surface area (Å²) in [5.74, 6) is -0.259. The van der Waals surface area contributed by atoms with Crippen LogP contribution in [0.2, 0.25) is 0 Å². The molecule has 1 atom stereocenters. The zero-order chi connectivity index (χ0) is 16.4. The van der Waals surface area contributed by atoms with Crippen molar-refractivity contribution in [3.63, 3.8) is 0 Å². The van der Waals surface area contributed by atoms with Gasteiger partial charge in [-0.2, -0.15) is 0 Å². The number of nitrogens with zero attached hydrogens (tertiary/aromatic N) is 1. The molecule has 0 radical (unpaired) electrons. The summed E-state index contributed by atoms with van der Waals surface area (Å²) in [4.78, 5) is 27.6. The molecule has 2 aromatic carbocycles. The molecule has 118 valence electrons. The molecule has 0 fully saturated rings. The molecule has 1 N–H and O–H groups in total. The highest BCUT2D eigenvalue weighted by Crippen LogP contribution is 2.25. The quantitative estimate of drug-likeness (QED) is 0.876. The van der Waals surface area contributed by atoms with Crippen LogP contribution in [0.5, 0.6) is 0 Å². The normalized spacial score (nSPS) is 14.5. The van der Waals surface area contributed by atoms with E-state index < -0.39 is 6.04 Å². The number of thioether (sulfide) groups is 1. The number of amides is 2. The topological polar surface area (TPSA) is 49.4 Å². The maximum atomic E-state index is 12.5. The zero-order valence-corrected chi connectivity index (χ0v) is 13.9. The van der Waals surface area contributed by atoms with E-state index in [-0.39, 0.29) is 11.8 Å². The molecule has 0 saturated heterocycles. The fraction of sp³-hybridized carbons (Fsp3) is 0.222. The molecule has 5 heteroatoms. The number of benzene rings is 2. The first-order chi connectivity index (χ1) is 11.1. The molecule has 2 aromatic rings. The molecule has 0 unspecified atom stereocenters. The van der Waals surface area contributed by atoms with Crippen LogP contribution in [0.3, 0.4) is 0 Å². The van der Waals surface area contributed by atoms with Crippen LogP contribution in [0.15, 0.2) is 53.4 Å². The largest absolute Gasteiger partial charge is 0.324 e. The average Bonchev–Trinajstić information content (AvgIpc) is 2.91. The smallest absolute Gasteiger partial charge is 0.255 e. The van der Waals surface area contributed by atoms with Crippen LogP contribution < -0.4 is 5.32 Å². The molecule has 2 amide bonds. The third kappa shape index (κ3) is 3.10. The molecule has 23 heavy (non-hydrogen) atoms. The summed E-state index contributed by atoms with van der Waals surface area (Å²) in [6, 6.07) is 14.7. The third-order valence-corrected chi connectivity index (χ3v) is 4.76. The summed E-state index contributed by atoms with van der Waals surface area (Å²) in [6.07, 6.45) is 1.99. The van der Waals surface area contributed by atoms with Crippen molar-refractivity contribution in [2.75, 3.05) is 11.6 Å². The Hall–Kier alpha value is -2.27. The number of hydrogen-bond acceptors (Lipinski definition) is 3. The van der Waals surface area contributed by atoms with Gasteiger partial charge < -0.3 is 10.2 Å². The second-order valence-corrected chi connectivity index (χ2v) is 6.37. The number of anilines is 1. The van der Waals surface area contributed by atoms with Crippen molar-refractivity contribution in [1.29, 1.82) is 0 Å². The summed E-state index contributed by atoms with van der Waals surface area (Å²) >= 11 is 1.62. The standard InChI is InChI=1S/C18H18N2O2S/c1-12(17(21)19-14-7-5-8-15(10-14)23-2)20-11-13-6-3-4-9-16(13)18(20)22/h3-10,12H,11H2,1-2H3,(H,19,21)/t12-/m1/s1. The van der Waals surface area contributed by atoms with Crippen molar-refractivity contribution in [2.24, 2.45) is 0 Å². The molecule has 1 aliphatic heterocycles. The van der Waals surface area contributed by atoms with Gasteiger partial charge in [0, 0.05) is 22.7 Å². The maximum Gasteiger partial charge on any atom is 0.255 e. The minimum absolute atomic E-state index is 0.0823. The van der Waals surface area contributed by atoms with E-state index in [9.17, 15) is 9.59 Å². The van der Waals surface area contributed by atoms with Gasteiger partial charge >= 0.3 is 0 Å². The van der Waals surface area contributed by atoms with Crippen molar-refractivity contribution < 1.29 is 9.59 Å². The molecule has 4 nitrogen and oxygen atoms in total. The van der Waals surface area contributed by atoms with Gasteiger partial charge in [-0.25, -0.2) is 0 Å². The number of fused-ring (bicyclic) bond motifs is 1. The lowest BCUT2D eigenvalue weighted by Gasteiger charge is -2.23. The van der Waals surface area contributed by atoms with Crippen LogP contribution >= 0.6 is 11.8 Å². The van der Waals surface area contributed by atoms with Gasteiger partial charge in [0.2, 0.25) is 5.91 Å². The van der Waals surface area contributed by atoms with E-state index in [2.05, 4.69) is 5.32 Å². The highest BCUT2D eigenvalue weighted by molar-refractivity contribution is 7.98. The molecular weight excluding hydrogens is 308 g/mol. The second-order valence-electron chi connectivity index (χ2n) is 5.49. The number of nitrogens with one attached hydrogen (secondary N) is 1. The average molecular weight is 326 g/mol. The Morgan fingerprint density at radius 3 is 2.74 bits per heavy atom. The maximum absolute atomic E-state index is 12.5. The SMILES string of the molecule is CSc1cccc(NC(=O)[C@@H](C)N2Cc3ccccc3C2=O)c1. The predicted octanol–water partition coefficient (Wildman–Crippen LogP) is 3.39. The van der Waals surface area contributed by atoms with Crippen molar-refractivity contribution in [1.82, 2.24) is 4.90 Å². The van der Waals surface area contributed by atoms with E-state index in [4.69, 9.17) is 0 Å². The first-order valence-corrected chi connectivity index (χ1v) is 8.66. The van der Waals surface area contributed by atoms with Gasteiger partial charge in [0.15, 0.2) is 0 Å². The molecule has 0 aliphatic carbocycles. The van der Waals surface area contributed by atoms with Gasteiger partial charge in [0.1, 0.15) is 6.04 Å². The lowest BCUT2D eigenvalue weighted by atomic mass is 10.1. The van der Waals surface area contributed by atoms with Gasteiger partial charge in [-0.1, -0.05) is 24.3 Å². The van der Waals surface area contributed by atoms with E-state index in [0.29, 0.717) is 12.1 Å². The third-order valence-electron chi connectivity index (χ3n) is 4.03. The first-order valence-electron chi connectivity index (χ1n) is 7.44. The number of carbonyl (C=O) groups excluding carboxylic acids is 2. The lowest BCUT2D eigenvalue weighted by Crippen LogP contribution is -2.42. The van der Waals surface area contributed by atoms with E-state index in [1.165, 1.54) is 0 Å². The summed E-state index contributed by atoms with van der Waals surface area (Å²) < 4.78 is 0. The number of rotatable bonds is 4. The van der Waals surface area contributed by atoms with E-state index in [0.717, 1.165) is 16.1 Å². The molecule has 0 aromatic heterocycles. The number of hydrogen-bond donors (Lipinski definition) is 1. The summed E-state index contributed by atoms with van der Waals surface area (Å²) in [5, 5.41) is 2.89. The molecule has 0 spiro atoms. The van der Waals surface area contributed by atoms with Crippen molar-refractivity contribution in [3.05, 3.63) is 59.7 Å². The van der Waals surface area contributed by atoms with Crippen molar-refractivity contribution in [3.8, 4) is 0 Å². The fourth-order valence-electron chi connectivity index (χ4n) is 2.68. The molecule has 1 aliphatic rings. The Bertz CT molecular complexity index is 760. The lowest BCUT2D eigenvalue weighted by molar-refractivity contribution is -0.120. The van der Waals surface area contributed by atoms with Gasteiger partial charge in [0.05, 0.1) is 0 Å². The predicted molar refractivity (Wildman–Crippen MR) is 92.6 cm³/mol. The second kappa shape index (κ2) is 6.46. The van der Waals surface area contributed by atoms with Crippen LogP contribution in [0.1, 0.15) is 22.8 Å². The summed E-state index contributed by atoms with van der Waals surface area (Å²) in [5.41, 5.74) is 2.41. The van der Waals surface area contributed by atoms with E-state index >= 15 is 0 Å². The van der Waals surface area contributed by atoms with Crippen LogP contribution in [-0.4, -0.2) is 29.0 Å². The van der Waals surface area contributed by atoms with E-state index in [1.54, 1.807) is 23.6 Å². The van der Waals surface area contributed by atoms with Crippen LogP contribution in [-0.2, 0) is 11.3 Å². The highest BCUT2D eigenvalue weighted by Gasteiger charge is 2.33. The van der Waals surface area contributed by atoms with Gasteiger partial charge in [-0.3, -0.25) is 9.59 Å². The molecular formula is C18H18N2O2S. The molecule has 1 heterocycles. The first kappa shape index (κ1) is 15.6. The van der Waals surface area contributed by atoms with Crippen LogP contribution in [0.4, 0.5) is 5.69 Å². The van der Waals surface area contributed by atoms with Crippen molar-refractivity contribution in [2.45, 2.75) is 24.4 Å². The molecule has 0 saturated carbocycles. The van der Waals surface area contributed by atoms with Gasteiger partial charge in [0.25, 0.3) is 5.91 Å². The Kier molecular flexibility index (Phi) is 4.39. The van der Waals surface area contributed by atoms with Crippen LogP contribution in [0.25, 0.3) is 0 Å².